The lowest BCUT2D eigenvalue weighted by Gasteiger charge is -2.86. The van der Waals surface area contributed by atoms with Gasteiger partial charge >= 0.3 is 0 Å². The molecule has 0 aromatic heterocycles. The molecule has 0 saturated carbocycles. The maximum atomic E-state index is 2.88. The Kier molecular flexibility index (Phi) is 3.39. The van der Waals surface area contributed by atoms with Crippen molar-refractivity contribution in [2.75, 3.05) is 64.9 Å². The normalized spacial score (nSPS) is 49.2. The SMILES string of the molecule is CN1S(C)(C)N(C)S2(C)N(C)S(C)(C)N2S1(C)C. The van der Waals surface area contributed by atoms with Crippen molar-refractivity contribution in [3.05, 3.63) is 0 Å². The van der Waals surface area contributed by atoms with E-state index in [0.717, 1.165) is 0 Å². The highest BCUT2D eigenvalue weighted by Crippen LogP contribution is 2.96. The Morgan fingerprint density at radius 3 is 1.28 bits per heavy atom. The fraction of sp³-hybridized carbons (Fsp3) is 1.00. The molecule has 0 aliphatic carbocycles. The summed E-state index contributed by atoms with van der Waals surface area (Å²) in [5.74, 6) is 0. The highest BCUT2D eigenvalue weighted by Gasteiger charge is 2.66. The van der Waals surface area contributed by atoms with Crippen LogP contribution >= 0.6 is 41.8 Å². The summed E-state index contributed by atoms with van der Waals surface area (Å²) in [5.41, 5.74) is 0. The second kappa shape index (κ2) is 3.91. The van der Waals surface area contributed by atoms with Crippen LogP contribution in [0.4, 0.5) is 0 Å². The zero-order valence-corrected chi connectivity index (χ0v) is 16.7. The molecule has 2 aliphatic rings. The molecule has 0 amide bonds. The summed E-state index contributed by atoms with van der Waals surface area (Å²) in [6, 6.07) is 0. The molecule has 0 spiro atoms. The van der Waals surface area contributed by atoms with Gasteiger partial charge in [-0.1, -0.05) is 0 Å². The van der Waals surface area contributed by atoms with E-state index >= 15 is 0 Å². The van der Waals surface area contributed by atoms with Crippen molar-refractivity contribution in [1.29, 1.82) is 0 Å². The zero-order valence-electron chi connectivity index (χ0n) is 13.4. The third-order valence-electron chi connectivity index (χ3n) is 4.50. The van der Waals surface area contributed by atoms with Gasteiger partial charge in [0.1, 0.15) is 0 Å². The minimum atomic E-state index is -0.925. The van der Waals surface area contributed by atoms with E-state index in [1.54, 1.807) is 0 Å². The third kappa shape index (κ3) is 1.49. The van der Waals surface area contributed by atoms with Gasteiger partial charge < -0.3 is 0 Å². The van der Waals surface area contributed by atoms with Crippen LogP contribution in [0.15, 0.2) is 0 Å². The van der Waals surface area contributed by atoms with E-state index in [-0.39, 0.29) is 0 Å². The molecule has 1 unspecified atom stereocenters. The number of nitrogens with zero attached hydrogens (tertiary/aromatic N) is 4. The van der Waals surface area contributed by atoms with E-state index in [4.69, 9.17) is 0 Å². The first-order valence-electron chi connectivity index (χ1n) is 5.84. The molecule has 4 nitrogen and oxygen atoms in total. The fourth-order valence-corrected chi connectivity index (χ4v) is 27.5. The Morgan fingerprint density at radius 1 is 0.500 bits per heavy atom. The van der Waals surface area contributed by atoms with Crippen molar-refractivity contribution in [3.8, 4) is 0 Å². The lowest BCUT2D eigenvalue weighted by molar-refractivity contribution is 0.634. The highest BCUT2D eigenvalue weighted by atomic mass is 32.4. The lowest BCUT2D eigenvalue weighted by Crippen LogP contribution is -2.65. The Morgan fingerprint density at radius 2 is 0.833 bits per heavy atom. The third-order valence-corrected chi connectivity index (χ3v) is 25.7. The van der Waals surface area contributed by atoms with Crippen LogP contribution in [-0.2, 0) is 0 Å². The second-order valence-electron chi connectivity index (χ2n) is 6.00. The smallest absolute Gasteiger partial charge is 0.00925 e. The van der Waals surface area contributed by atoms with Crippen molar-refractivity contribution in [2.24, 2.45) is 0 Å². The van der Waals surface area contributed by atoms with Crippen LogP contribution in [0.2, 0.25) is 0 Å². The van der Waals surface area contributed by atoms with Gasteiger partial charge in [-0.2, -0.15) is 7.42 Å². The van der Waals surface area contributed by atoms with Crippen LogP contribution < -0.4 is 0 Å². The first kappa shape index (κ1) is 15.6. The van der Waals surface area contributed by atoms with E-state index in [1.807, 2.05) is 0 Å². The largest absolute Gasteiger partial charge is 0.208 e. The summed E-state index contributed by atoms with van der Waals surface area (Å²) in [4.78, 5) is 0. The van der Waals surface area contributed by atoms with E-state index < -0.39 is 41.8 Å². The van der Waals surface area contributed by atoms with Gasteiger partial charge in [-0.05, 0) is 48.1 Å². The maximum Gasteiger partial charge on any atom is 0.00925 e. The number of fused-ring (bicyclic) bond motifs is 1. The monoisotopic (exact) mass is 334 g/mol. The number of rotatable bonds is 0. The van der Waals surface area contributed by atoms with Gasteiger partial charge in [0.25, 0.3) is 0 Å². The van der Waals surface area contributed by atoms with Crippen LogP contribution in [0.3, 0.4) is 0 Å². The van der Waals surface area contributed by atoms with Gasteiger partial charge in [0.2, 0.25) is 0 Å². The molecule has 2 saturated heterocycles. The topological polar surface area (TPSA) is 13.0 Å². The van der Waals surface area contributed by atoms with Gasteiger partial charge in [-0.3, -0.25) is 0 Å². The number of hydrogen-bond donors (Lipinski definition) is 0. The molecular weight excluding hydrogens is 304 g/mol. The maximum absolute atomic E-state index is 2.88. The molecule has 0 radical (unpaired) electrons. The van der Waals surface area contributed by atoms with Gasteiger partial charge in [0.15, 0.2) is 0 Å². The summed E-state index contributed by atoms with van der Waals surface area (Å²) in [6.07, 6.45) is 17.2. The van der Waals surface area contributed by atoms with E-state index in [2.05, 4.69) is 79.2 Å². The van der Waals surface area contributed by atoms with Crippen LogP contribution in [0.5, 0.6) is 0 Å². The standard InChI is InChI=1S/C10H30N4S4/c1-11-15(4,5)12(2)18(10)13(3)17(8,9)14(18)16(11,6)7/h1-10H3. The molecule has 0 bridgehead atoms. The van der Waals surface area contributed by atoms with E-state index in [1.165, 1.54) is 0 Å². The Balaban J connectivity index is 2.57. The average Bonchev–Trinajstić information content (AvgIpc) is 2.23. The second-order valence-corrected chi connectivity index (χ2v) is 20.7. The molecule has 0 aromatic carbocycles. The van der Waals surface area contributed by atoms with E-state index in [9.17, 15) is 0 Å². The van der Waals surface area contributed by atoms with Crippen molar-refractivity contribution >= 4 is 41.8 Å². The van der Waals surface area contributed by atoms with Gasteiger partial charge in [-0.15, -0.1) is 34.3 Å². The molecule has 2 heterocycles. The first-order valence-corrected chi connectivity index (χ1v) is 14.8. The molecule has 2 fully saturated rings. The van der Waals surface area contributed by atoms with Crippen LogP contribution in [0.1, 0.15) is 0 Å². The van der Waals surface area contributed by atoms with Crippen molar-refractivity contribution < 1.29 is 0 Å². The molecule has 18 heavy (non-hydrogen) atoms. The van der Waals surface area contributed by atoms with Gasteiger partial charge in [0.05, 0.1) is 0 Å². The molecular formula is C10H30N4S4. The van der Waals surface area contributed by atoms with Crippen LogP contribution in [-0.4, -0.2) is 79.2 Å². The van der Waals surface area contributed by atoms with Crippen LogP contribution in [0.25, 0.3) is 0 Å². The Labute approximate surface area is 121 Å². The molecule has 0 N–H and O–H groups in total. The molecule has 2 aliphatic heterocycles. The molecule has 114 valence electrons. The molecule has 0 aromatic rings. The predicted molar refractivity (Wildman–Crippen MR) is 97.0 cm³/mol. The van der Waals surface area contributed by atoms with Gasteiger partial charge in [-0.25, -0.2) is 3.71 Å². The van der Waals surface area contributed by atoms with Crippen molar-refractivity contribution in [3.63, 3.8) is 0 Å². The highest BCUT2D eigenvalue weighted by molar-refractivity contribution is 8.69. The Hall–Kier alpha value is 1.24. The summed E-state index contributed by atoms with van der Waals surface area (Å²) in [6.45, 7) is 0. The number of hydrogen-bond acceptors (Lipinski definition) is 4. The van der Waals surface area contributed by atoms with Gasteiger partial charge in [0, 0.05) is 27.4 Å². The fourth-order valence-electron chi connectivity index (χ4n) is 2.95. The van der Waals surface area contributed by atoms with Crippen molar-refractivity contribution in [1.82, 2.24) is 14.2 Å². The average molecular weight is 335 g/mol. The predicted octanol–water partition coefficient (Wildman–Crippen LogP) is 2.97. The molecule has 8 heteroatoms. The van der Waals surface area contributed by atoms with E-state index in [0.29, 0.717) is 0 Å². The summed E-state index contributed by atoms with van der Waals surface area (Å²) in [7, 11) is 3.59. The lowest BCUT2D eigenvalue weighted by atomic mass is 11.6. The molecule has 2 rings (SSSR count). The minimum absolute atomic E-state index is 0.772. The first-order chi connectivity index (χ1) is 7.83. The Bertz CT molecular complexity index is 386. The zero-order chi connectivity index (χ0) is 14.3. The quantitative estimate of drug-likeness (QED) is 0.675. The minimum Gasteiger partial charge on any atom is -0.208 e. The summed E-state index contributed by atoms with van der Waals surface area (Å²) in [5, 5.41) is 0. The van der Waals surface area contributed by atoms with Crippen molar-refractivity contribution in [2.45, 2.75) is 0 Å². The molecule has 1 atom stereocenters. The van der Waals surface area contributed by atoms with Crippen LogP contribution in [0, 0.1) is 0 Å². The summed E-state index contributed by atoms with van der Waals surface area (Å²) >= 11 is 0. The summed E-state index contributed by atoms with van der Waals surface area (Å²) < 4.78 is 10.9.